The lowest BCUT2D eigenvalue weighted by Gasteiger charge is -2.29. The van der Waals surface area contributed by atoms with Crippen LogP contribution in [-0.4, -0.2) is 46.7 Å². The number of likely N-dealkylation sites (N-methyl/N-ethyl adjacent to an activating group) is 1. The smallest absolute Gasteiger partial charge is 0.246 e. The zero-order valence-electron chi connectivity index (χ0n) is 11.3. The van der Waals surface area contributed by atoms with E-state index in [1.165, 1.54) is 11.0 Å². The maximum Gasteiger partial charge on any atom is 0.246 e. The van der Waals surface area contributed by atoms with Crippen LogP contribution in [0.4, 0.5) is 0 Å². The van der Waals surface area contributed by atoms with Gasteiger partial charge in [-0.25, -0.2) is 4.98 Å². The lowest BCUT2D eigenvalue weighted by Crippen LogP contribution is -2.43. The lowest BCUT2D eigenvalue weighted by atomic mass is 10.1. The van der Waals surface area contributed by atoms with E-state index in [-0.39, 0.29) is 18.4 Å². The van der Waals surface area contributed by atoms with Gasteiger partial charge >= 0.3 is 0 Å². The minimum atomic E-state index is -0.267. The fourth-order valence-electron chi connectivity index (χ4n) is 2.13. The highest BCUT2D eigenvalue weighted by atomic mass is 35.5. The Labute approximate surface area is 122 Å². The number of carbonyl (C=O) groups excluding carboxylic acids is 2. The molecule has 2 amide bonds. The molecule has 6 heteroatoms. The number of amides is 2. The number of aromatic nitrogens is 1. The average Bonchev–Trinajstić information content (AvgIpc) is 2.45. The van der Waals surface area contributed by atoms with Gasteiger partial charge in [0.25, 0.3) is 0 Å². The van der Waals surface area contributed by atoms with Crippen molar-refractivity contribution in [3.8, 4) is 0 Å². The number of fused-ring (bicyclic) bond motifs is 1. The number of hydrogen-bond acceptors (Lipinski definition) is 3. The summed E-state index contributed by atoms with van der Waals surface area (Å²) in [4.78, 5) is 30.8. The molecule has 0 aromatic carbocycles. The van der Waals surface area contributed by atoms with Crippen molar-refractivity contribution in [1.82, 2.24) is 14.8 Å². The molecule has 0 N–H and O–H groups in total. The molecule has 1 aliphatic rings. The first-order chi connectivity index (χ1) is 9.51. The largest absolute Gasteiger partial charge is 0.335 e. The van der Waals surface area contributed by atoms with Crippen LogP contribution in [0.1, 0.15) is 11.3 Å². The second-order valence-electron chi connectivity index (χ2n) is 4.70. The molecule has 0 spiro atoms. The molecule has 0 unspecified atom stereocenters. The van der Waals surface area contributed by atoms with Gasteiger partial charge in [0.1, 0.15) is 5.15 Å². The molecule has 0 aliphatic carbocycles. The van der Waals surface area contributed by atoms with Crippen molar-refractivity contribution in [2.45, 2.75) is 13.0 Å². The summed E-state index contributed by atoms with van der Waals surface area (Å²) in [5.41, 5.74) is 1.95. The van der Waals surface area contributed by atoms with Crippen molar-refractivity contribution in [1.29, 1.82) is 0 Å². The number of carbonyl (C=O) groups is 2. The Kier molecular flexibility index (Phi) is 4.39. The summed E-state index contributed by atoms with van der Waals surface area (Å²) in [5, 5.41) is 0.428. The summed E-state index contributed by atoms with van der Waals surface area (Å²) in [7, 11) is 1.58. The second-order valence-corrected chi connectivity index (χ2v) is 5.09. The lowest BCUT2D eigenvalue weighted by molar-refractivity contribution is -0.137. The Hall–Kier alpha value is -1.88. The van der Waals surface area contributed by atoms with E-state index >= 15 is 0 Å². The first-order valence-corrected chi connectivity index (χ1v) is 6.68. The van der Waals surface area contributed by atoms with Crippen LogP contribution in [0.5, 0.6) is 0 Å². The Morgan fingerprint density at radius 2 is 2.30 bits per heavy atom. The van der Waals surface area contributed by atoms with E-state index in [1.54, 1.807) is 18.0 Å². The molecule has 2 rings (SSSR count). The van der Waals surface area contributed by atoms with E-state index in [0.717, 1.165) is 17.7 Å². The fraction of sp³-hybridized carbons (Fsp3) is 0.357. The summed E-state index contributed by atoms with van der Waals surface area (Å²) >= 11 is 5.87. The molecule has 5 nitrogen and oxygen atoms in total. The average molecular weight is 294 g/mol. The van der Waals surface area contributed by atoms with Gasteiger partial charge in [-0.3, -0.25) is 9.59 Å². The Morgan fingerprint density at radius 3 is 3.00 bits per heavy atom. The standard InChI is InChI=1S/C14H16ClN3O2/c1-3-13(19)17(2)9-14(20)18-7-6-10-4-5-12(15)16-11(10)8-18/h3-5H,1,6-9H2,2H3. The SMILES string of the molecule is C=CC(=O)N(C)CC(=O)N1CCc2ccc(Cl)nc2C1. The molecule has 1 aromatic heterocycles. The summed E-state index contributed by atoms with van der Waals surface area (Å²) in [6.45, 7) is 4.51. The van der Waals surface area contributed by atoms with Crippen LogP contribution in [0.15, 0.2) is 24.8 Å². The van der Waals surface area contributed by atoms with Crippen LogP contribution >= 0.6 is 11.6 Å². The summed E-state index contributed by atoms with van der Waals surface area (Å²) < 4.78 is 0. The highest BCUT2D eigenvalue weighted by Gasteiger charge is 2.23. The number of hydrogen-bond donors (Lipinski definition) is 0. The van der Waals surface area contributed by atoms with Gasteiger partial charge < -0.3 is 9.80 Å². The maximum absolute atomic E-state index is 12.2. The highest BCUT2D eigenvalue weighted by Crippen LogP contribution is 2.19. The monoisotopic (exact) mass is 293 g/mol. The normalized spacial score (nSPS) is 13.6. The summed E-state index contributed by atoms with van der Waals surface area (Å²) in [6.07, 6.45) is 1.95. The predicted molar refractivity (Wildman–Crippen MR) is 76.2 cm³/mol. The highest BCUT2D eigenvalue weighted by molar-refractivity contribution is 6.29. The molecule has 0 fully saturated rings. The molecule has 2 heterocycles. The molecule has 1 aromatic rings. The Balaban J connectivity index is 2.03. The van der Waals surface area contributed by atoms with E-state index in [0.29, 0.717) is 18.2 Å². The molecule has 0 saturated heterocycles. The van der Waals surface area contributed by atoms with Gasteiger partial charge in [0.2, 0.25) is 11.8 Å². The summed E-state index contributed by atoms with van der Waals surface area (Å²) in [6, 6.07) is 3.70. The Bertz CT molecular complexity index is 559. The predicted octanol–water partition coefficient (Wildman–Crippen LogP) is 1.26. The minimum Gasteiger partial charge on any atom is -0.335 e. The third-order valence-corrected chi connectivity index (χ3v) is 3.51. The molecule has 0 saturated carbocycles. The van der Waals surface area contributed by atoms with Gasteiger partial charge in [-0.2, -0.15) is 0 Å². The van der Waals surface area contributed by atoms with E-state index in [4.69, 9.17) is 11.6 Å². The van der Waals surface area contributed by atoms with E-state index in [9.17, 15) is 9.59 Å². The quantitative estimate of drug-likeness (QED) is 0.623. The van der Waals surface area contributed by atoms with Crippen molar-refractivity contribution >= 4 is 23.4 Å². The van der Waals surface area contributed by atoms with Gasteiger partial charge in [0.15, 0.2) is 0 Å². The number of pyridine rings is 1. The number of nitrogens with zero attached hydrogens (tertiary/aromatic N) is 3. The van der Waals surface area contributed by atoms with E-state index in [2.05, 4.69) is 11.6 Å². The first kappa shape index (κ1) is 14.5. The van der Waals surface area contributed by atoms with Crippen LogP contribution in [0, 0.1) is 0 Å². The van der Waals surface area contributed by atoms with Gasteiger partial charge in [-0.1, -0.05) is 24.2 Å². The first-order valence-electron chi connectivity index (χ1n) is 6.31. The zero-order chi connectivity index (χ0) is 14.7. The van der Waals surface area contributed by atoms with Crippen LogP contribution in [0.25, 0.3) is 0 Å². The molecular weight excluding hydrogens is 278 g/mol. The van der Waals surface area contributed by atoms with Gasteiger partial charge in [0.05, 0.1) is 18.8 Å². The third-order valence-electron chi connectivity index (χ3n) is 3.30. The second kappa shape index (κ2) is 6.05. The van der Waals surface area contributed by atoms with Crippen molar-refractivity contribution in [3.63, 3.8) is 0 Å². The topological polar surface area (TPSA) is 53.5 Å². The molecule has 106 valence electrons. The van der Waals surface area contributed by atoms with Crippen molar-refractivity contribution < 1.29 is 9.59 Å². The van der Waals surface area contributed by atoms with Crippen molar-refractivity contribution in [2.24, 2.45) is 0 Å². The molecule has 0 bridgehead atoms. The molecule has 0 atom stereocenters. The number of halogens is 1. The third kappa shape index (κ3) is 3.17. The minimum absolute atomic E-state index is 0.0424. The van der Waals surface area contributed by atoms with Crippen LogP contribution in [-0.2, 0) is 22.6 Å². The van der Waals surface area contributed by atoms with Crippen molar-refractivity contribution in [3.05, 3.63) is 41.2 Å². The Morgan fingerprint density at radius 1 is 1.55 bits per heavy atom. The van der Waals surface area contributed by atoms with Gasteiger partial charge in [-0.15, -0.1) is 0 Å². The summed E-state index contributed by atoms with van der Waals surface area (Å²) in [5.74, 6) is -0.368. The molecule has 1 aliphatic heterocycles. The van der Waals surface area contributed by atoms with Crippen LogP contribution < -0.4 is 0 Å². The van der Waals surface area contributed by atoms with Gasteiger partial charge in [0, 0.05) is 13.6 Å². The van der Waals surface area contributed by atoms with E-state index in [1.807, 2.05) is 6.07 Å². The molecule has 0 radical (unpaired) electrons. The van der Waals surface area contributed by atoms with E-state index < -0.39 is 0 Å². The van der Waals surface area contributed by atoms with Crippen LogP contribution in [0.2, 0.25) is 5.15 Å². The maximum atomic E-state index is 12.2. The number of rotatable bonds is 3. The zero-order valence-corrected chi connectivity index (χ0v) is 12.1. The molecular formula is C14H16ClN3O2. The molecule has 20 heavy (non-hydrogen) atoms. The van der Waals surface area contributed by atoms with Crippen LogP contribution in [0.3, 0.4) is 0 Å². The fourth-order valence-corrected chi connectivity index (χ4v) is 2.30. The van der Waals surface area contributed by atoms with Gasteiger partial charge in [-0.05, 0) is 24.1 Å². The van der Waals surface area contributed by atoms with Crippen molar-refractivity contribution in [2.75, 3.05) is 20.1 Å².